The van der Waals surface area contributed by atoms with Crippen LogP contribution >= 0.6 is 0 Å². The van der Waals surface area contributed by atoms with Crippen molar-refractivity contribution < 1.29 is 9.53 Å². The van der Waals surface area contributed by atoms with Crippen molar-refractivity contribution in [2.45, 2.75) is 19.4 Å². The normalized spacial score (nSPS) is 13.6. The summed E-state index contributed by atoms with van der Waals surface area (Å²) in [5.74, 6) is 0.836. The van der Waals surface area contributed by atoms with Crippen LogP contribution in [-0.2, 0) is 17.8 Å². The Kier molecular flexibility index (Phi) is 4.28. The Hall–Kier alpha value is -3.60. The minimum absolute atomic E-state index is 0.117. The third-order valence-electron chi connectivity index (χ3n) is 5.45. The second kappa shape index (κ2) is 7.09. The van der Waals surface area contributed by atoms with Crippen LogP contribution in [0.2, 0.25) is 0 Å². The zero-order valence-electron chi connectivity index (χ0n) is 16.2. The van der Waals surface area contributed by atoms with Crippen molar-refractivity contribution in [3.8, 4) is 17.0 Å². The third-order valence-corrected chi connectivity index (χ3v) is 5.45. The highest BCUT2D eigenvalue weighted by atomic mass is 16.5. The van der Waals surface area contributed by atoms with Gasteiger partial charge in [0.2, 0.25) is 5.91 Å². The molecule has 0 aliphatic carbocycles. The van der Waals surface area contributed by atoms with E-state index in [1.165, 1.54) is 0 Å². The summed E-state index contributed by atoms with van der Waals surface area (Å²) in [5.41, 5.74) is 5.93. The van der Waals surface area contributed by atoms with Crippen LogP contribution in [0.5, 0.6) is 5.75 Å². The van der Waals surface area contributed by atoms with E-state index in [9.17, 15) is 4.79 Å². The number of hydrogen-bond acceptors (Lipinski definition) is 3. The maximum Gasteiger partial charge on any atom is 0.227 e. The number of fused-ring (bicyclic) bond motifs is 2. The maximum absolute atomic E-state index is 12.9. The molecular weight excluding hydrogens is 362 g/mol. The summed E-state index contributed by atoms with van der Waals surface area (Å²) in [5, 5.41) is 0. The Labute approximate surface area is 169 Å². The smallest absolute Gasteiger partial charge is 0.227 e. The van der Waals surface area contributed by atoms with Gasteiger partial charge in [0.15, 0.2) is 0 Å². The Bertz CT molecular complexity index is 1160. The third kappa shape index (κ3) is 3.05. The molecule has 2 aromatic heterocycles. The van der Waals surface area contributed by atoms with E-state index in [2.05, 4.69) is 6.07 Å². The maximum atomic E-state index is 12.9. The second-order valence-electron chi connectivity index (χ2n) is 7.20. The predicted molar refractivity (Wildman–Crippen MR) is 113 cm³/mol. The van der Waals surface area contributed by atoms with Crippen molar-refractivity contribution in [3.05, 3.63) is 84.2 Å². The predicted octanol–water partition coefficient (Wildman–Crippen LogP) is 4.49. The number of aromatic nitrogens is 2. The topological polar surface area (TPSA) is 46.8 Å². The number of methoxy groups -OCH3 is 1. The lowest BCUT2D eigenvalue weighted by Crippen LogP contribution is -2.35. The fourth-order valence-electron chi connectivity index (χ4n) is 4.06. The van der Waals surface area contributed by atoms with Crippen molar-refractivity contribution >= 4 is 17.2 Å². The number of amides is 1. The molecule has 0 N–H and O–H groups in total. The molecule has 0 unspecified atom stereocenters. The van der Waals surface area contributed by atoms with Crippen LogP contribution in [0, 0.1) is 0 Å². The molecule has 144 valence electrons. The number of nitrogens with zero attached hydrogens (tertiary/aromatic N) is 3. The number of benzene rings is 2. The van der Waals surface area contributed by atoms with Gasteiger partial charge in [-0.1, -0.05) is 36.4 Å². The first kappa shape index (κ1) is 17.5. The van der Waals surface area contributed by atoms with Crippen molar-refractivity contribution in [3.63, 3.8) is 0 Å². The van der Waals surface area contributed by atoms with Gasteiger partial charge in [-0.2, -0.15) is 0 Å². The summed E-state index contributed by atoms with van der Waals surface area (Å²) in [6, 6.07) is 20.0. The van der Waals surface area contributed by atoms with E-state index in [0.29, 0.717) is 19.4 Å². The summed E-state index contributed by atoms with van der Waals surface area (Å²) in [4.78, 5) is 19.5. The standard InChI is InChI=1S/C24H21N3O2/c1-29-21-12-10-18(20-16-26-14-6-5-9-22(26)25-20)19-11-13-23(28)27(24(19)21)15-17-7-3-2-4-8-17/h2-10,12,14,16H,11,13,15H2,1H3. The molecule has 0 spiro atoms. The van der Waals surface area contributed by atoms with E-state index in [1.54, 1.807) is 7.11 Å². The van der Waals surface area contributed by atoms with E-state index >= 15 is 0 Å². The number of rotatable bonds is 4. The molecule has 2 aromatic carbocycles. The zero-order valence-corrected chi connectivity index (χ0v) is 16.2. The number of hydrogen-bond donors (Lipinski definition) is 0. The van der Waals surface area contributed by atoms with Crippen molar-refractivity contribution in [2.24, 2.45) is 0 Å². The summed E-state index contributed by atoms with van der Waals surface area (Å²) in [7, 11) is 1.65. The highest BCUT2D eigenvalue weighted by Crippen LogP contribution is 2.42. The summed E-state index contributed by atoms with van der Waals surface area (Å²) >= 11 is 0. The van der Waals surface area contributed by atoms with Gasteiger partial charge in [-0.3, -0.25) is 4.79 Å². The van der Waals surface area contributed by atoms with E-state index in [-0.39, 0.29) is 5.91 Å². The molecule has 5 nitrogen and oxygen atoms in total. The molecule has 4 aromatic rings. The van der Waals surface area contributed by atoms with Crippen LogP contribution in [0.25, 0.3) is 16.9 Å². The Morgan fingerprint density at radius 2 is 1.83 bits per heavy atom. The lowest BCUT2D eigenvalue weighted by molar-refractivity contribution is -0.119. The van der Waals surface area contributed by atoms with E-state index in [4.69, 9.17) is 9.72 Å². The lowest BCUT2D eigenvalue weighted by atomic mass is 9.93. The van der Waals surface area contributed by atoms with Gasteiger partial charge < -0.3 is 14.0 Å². The van der Waals surface area contributed by atoms with Crippen molar-refractivity contribution in [2.75, 3.05) is 12.0 Å². The van der Waals surface area contributed by atoms with E-state index in [1.807, 2.05) is 76.3 Å². The lowest BCUT2D eigenvalue weighted by Gasteiger charge is -2.32. The largest absolute Gasteiger partial charge is 0.495 e. The zero-order chi connectivity index (χ0) is 19.8. The monoisotopic (exact) mass is 383 g/mol. The summed E-state index contributed by atoms with van der Waals surface area (Å²) in [6.07, 6.45) is 5.19. The molecule has 0 saturated carbocycles. The molecule has 29 heavy (non-hydrogen) atoms. The molecule has 1 aliphatic heterocycles. The molecule has 0 bridgehead atoms. The number of imidazole rings is 1. The summed E-state index contributed by atoms with van der Waals surface area (Å²) < 4.78 is 7.67. The van der Waals surface area contributed by atoms with E-state index < -0.39 is 0 Å². The number of pyridine rings is 1. The molecule has 5 heteroatoms. The van der Waals surface area contributed by atoms with Gasteiger partial charge in [0, 0.05) is 24.4 Å². The van der Waals surface area contributed by atoms with Crippen molar-refractivity contribution in [1.82, 2.24) is 9.38 Å². The molecular formula is C24H21N3O2. The molecule has 1 amide bonds. The Morgan fingerprint density at radius 3 is 2.62 bits per heavy atom. The molecule has 1 aliphatic rings. The van der Waals surface area contributed by atoms with Gasteiger partial charge in [-0.25, -0.2) is 4.98 Å². The molecule has 3 heterocycles. The Morgan fingerprint density at radius 1 is 1.00 bits per heavy atom. The number of carbonyl (C=O) groups is 1. The van der Waals surface area contributed by atoms with Crippen LogP contribution in [0.1, 0.15) is 17.5 Å². The summed E-state index contributed by atoms with van der Waals surface area (Å²) in [6.45, 7) is 0.525. The van der Waals surface area contributed by atoms with Crippen LogP contribution in [-0.4, -0.2) is 22.4 Å². The first-order valence-corrected chi connectivity index (χ1v) is 9.73. The fourth-order valence-corrected chi connectivity index (χ4v) is 4.06. The number of ether oxygens (including phenoxy) is 1. The quantitative estimate of drug-likeness (QED) is 0.522. The van der Waals surface area contributed by atoms with Crippen LogP contribution in [0.3, 0.4) is 0 Å². The van der Waals surface area contributed by atoms with Gasteiger partial charge in [-0.15, -0.1) is 0 Å². The molecule has 0 saturated heterocycles. The van der Waals surface area contributed by atoms with Crippen LogP contribution < -0.4 is 9.64 Å². The Balaban J connectivity index is 1.66. The van der Waals surface area contributed by atoms with Gasteiger partial charge in [-0.05, 0) is 41.8 Å². The van der Waals surface area contributed by atoms with E-state index in [0.717, 1.165) is 39.5 Å². The number of carbonyl (C=O) groups excluding carboxylic acids is 1. The van der Waals surface area contributed by atoms with Gasteiger partial charge in [0.05, 0.1) is 25.0 Å². The van der Waals surface area contributed by atoms with Crippen LogP contribution in [0.4, 0.5) is 5.69 Å². The van der Waals surface area contributed by atoms with Gasteiger partial charge in [0.1, 0.15) is 11.4 Å². The first-order valence-electron chi connectivity index (χ1n) is 9.73. The van der Waals surface area contributed by atoms with Gasteiger partial charge in [0.25, 0.3) is 0 Å². The van der Waals surface area contributed by atoms with Crippen molar-refractivity contribution in [1.29, 1.82) is 0 Å². The highest BCUT2D eigenvalue weighted by molar-refractivity contribution is 6.00. The average molecular weight is 383 g/mol. The molecule has 0 radical (unpaired) electrons. The second-order valence-corrected chi connectivity index (χ2v) is 7.20. The van der Waals surface area contributed by atoms with Gasteiger partial charge >= 0.3 is 0 Å². The minimum atomic E-state index is 0.117. The average Bonchev–Trinajstić information content (AvgIpc) is 3.19. The molecule has 0 fully saturated rings. The number of anilines is 1. The SMILES string of the molecule is COc1ccc(-c2cn3ccccc3n2)c2c1N(Cc1ccccc1)C(=O)CC2. The van der Waals surface area contributed by atoms with Crippen LogP contribution in [0.15, 0.2) is 73.1 Å². The molecule has 0 atom stereocenters. The minimum Gasteiger partial charge on any atom is -0.495 e. The highest BCUT2D eigenvalue weighted by Gasteiger charge is 2.30. The molecule has 5 rings (SSSR count). The first-order chi connectivity index (χ1) is 14.2. The fraction of sp³-hybridized carbons (Fsp3) is 0.167.